The Bertz CT molecular complexity index is 412. The normalized spacial score (nSPS) is 23.3. The monoisotopic (exact) mass is 399 g/mol. The Hall–Kier alpha value is 0.420. The standard InChI is InChI=1S/C11H12Br2ClNOS/c1-15(5-6-2-7(14)3-6)11(16)9-4-8(12)10(13)17-9/h4,6-7H,2-3,5H2,1H3. The summed E-state index contributed by atoms with van der Waals surface area (Å²) >= 11 is 14.2. The van der Waals surface area contributed by atoms with Crippen LogP contribution in [-0.2, 0) is 0 Å². The van der Waals surface area contributed by atoms with Crippen LogP contribution in [0, 0.1) is 5.92 Å². The molecule has 0 unspecified atom stereocenters. The number of carbonyl (C=O) groups is 1. The highest BCUT2D eigenvalue weighted by atomic mass is 79.9. The van der Waals surface area contributed by atoms with Crippen molar-refractivity contribution < 1.29 is 4.79 Å². The van der Waals surface area contributed by atoms with Crippen molar-refractivity contribution in [2.75, 3.05) is 13.6 Å². The zero-order valence-corrected chi connectivity index (χ0v) is 14.0. The molecule has 94 valence electrons. The van der Waals surface area contributed by atoms with Gasteiger partial charge in [-0.2, -0.15) is 0 Å². The van der Waals surface area contributed by atoms with Gasteiger partial charge in [0.15, 0.2) is 0 Å². The van der Waals surface area contributed by atoms with E-state index >= 15 is 0 Å². The van der Waals surface area contributed by atoms with Gasteiger partial charge in [0.2, 0.25) is 0 Å². The van der Waals surface area contributed by atoms with Crippen molar-refractivity contribution in [1.29, 1.82) is 0 Å². The number of nitrogens with zero attached hydrogens (tertiary/aromatic N) is 1. The highest BCUT2D eigenvalue weighted by molar-refractivity contribution is 9.13. The average molecular weight is 402 g/mol. The number of carbonyl (C=O) groups excluding carboxylic acids is 1. The molecule has 0 atom stereocenters. The zero-order valence-electron chi connectivity index (χ0n) is 9.25. The van der Waals surface area contributed by atoms with Crippen molar-refractivity contribution >= 4 is 60.7 Å². The van der Waals surface area contributed by atoms with E-state index in [9.17, 15) is 4.79 Å². The van der Waals surface area contributed by atoms with Crippen molar-refractivity contribution in [3.05, 3.63) is 19.2 Å². The maximum Gasteiger partial charge on any atom is 0.263 e. The Morgan fingerprint density at radius 3 is 2.71 bits per heavy atom. The fraction of sp³-hybridized carbons (Fsp3) is 0.545. The van der Waals surface area contributed by atoms with Crippen LogP contribution in [0.15, 0.2) is 14.3 Å². The summed E-state index contributed by atoms with van der Waals surface area (Å²) in [6.07, 6.45) is 2.05. The van der Waals surface area contributed by atoms with Gasteiger partial charge in [0, 0.05) is 23.4 Å². The minimum absolute atomic E-state index is 0.0828. The first kappa shape index (κ1) is 13.8. The van der Waals surface area contributed by atoms with E-state index in [1.807, 2.05) is 13.1 Å². The predicted molar refractivity (Wildman–Crippen MR) is 79.0 cm³/mol. The number of thiophene rings is 1. The lowest BCUT2D eigenvalue weighted by molar-refractivity contribution is 0.0751. The molecular weight excluding hydrogens is 389 g/mol. The molecule has 0 radical (unpaired) electrons. The molecule has 0 N–H and O–H groups in total. The first-order valence-electron chi connectivity index (χ1n) is 5.31. The molecule has 2 nitrogen and oxygen atoms in total. The quantitative estimate of drug-likeness (QED) is 0.689. The second kappa shape index (κ2) is 5.59. The molecule has 1 aliphatic rings. The highest BCUT2D eigenvalue weighted by Crippen LogP contribution is 2.34. The Labute approximate surface area is 127 Å². The molecular formula is C11H12Br2ClNOS. The molecule has 0 bridgehead atoms. The summed E-state index contributed by atoms with van der Waals surface area (Å²) in [5.41, 5.74) is 0. The third-order valence-electron chi connectivity index (χ3n) is 2.91. The number of hydrogen-bond donors (Lipinski definition) is 0. The van der Waals surface area contributed by atoms with E-state index < -0.39 is 0 Å². The van der Waals surface area contributed by atoms with Crippen LogP contribution in [0.2, 0.25) is 0 Å². The van der Waals surface area contributed by atoms with Crippen LogP contribution in [0.1, 0.15) is 22.5 Å². The largest absolute Gasteiger partial charge is 0.341 e. The number of rotatable bonds is 3. The first-order valence-corrected chi connectivity index (χ1v) is 8.15. The third kappa shape index (κ3) is 3.25. The van der Waals surface area contributed by atoms with Crippen molar-refractivity contribution in [2.24, 2.45) is 5.92 Å². The van der Waals surface area contributed by atoms with E-state index in [1.165, 1.54) is 11.3 Å². The van der Waals surface area contributed by atoms with Crippen LogP contribution < -0.4 is 0 Å². The van der Waals surface area contributed by atoms with E-state index in [-0.39, 0.29) is 5.91 Å². The summed E-state index contributed by atoms with van der Waals surface area (Å²) in [6.45, 7) is 0.801. The van der Waals surface area contributed by atoms with Crippen LogP contribution >= 0.6 is 54.8 Å². The molecule has 1 aromatic rings. The number of alkyl halides is 1. The van der Waals surface area contributed by atoms with Gasteiger partial charge in [0.05, 0.1) is 8.66 Å². The molecule has 17 heavy (non-hydrogen) atoms. The second-order valence-corrected chi connectivity index (χ2v) is 8.19. The molecule has 1 fully saturated rings. The Kier molecular flexibility index (Phi) is 4.55. The molecule has 1 saturated carbocycles. The van der Waals surface area contributed by atoms with E-state index in [0.717, 1.165) is 32.5 Å². The Morgan fingerprint density at radius 1 is 1.59 bits per heavy atom. The molecule has 0 saturated heterocycles. The van der Waals surface area contributed by atoms with Crippen molar-refractivity contribution in [2.45, 2.75) is 18.2 Å². The molecule has 1 aromatic heterocycles. The molecule has 1 aliphatic carbocycles. The number of hydrogen-bond acceptors (Lipinski definition) is 2. The Balaban J connectivity index is 1.95. The van der Waals surface area contributed by atoms with Gasteiger partial charge >= 0.3 is 0 Å². The molecule has 2 rings (SSSR count). The van der Waals surface area contributed by atoms with Gasteiger partial charge < -0.3 is 4.90 Å². The number of amides is 1. The maximum atomic E-state index is 12.1. The average Bonchev–Trinajstić information content (AvgIpc) is 2.56. The maximum absolute atomic E-state index is 12.1. The SMILES string of the molecule is CN(CC1CC(Cl)C1)C(=O)c1cc(Br)c(Br)s1. The first-order chi connectivity index (χ1) is 7.97. The summed E-state index contributed by atoms with van der Waals surface area (Å²) in [7, 11) is 1.85. The zero-order chi connectivity index (χ0) is 12.6. The summed E-state index contributed by atoms with van der Waals surface area (Å²) in [5, 5.41) is 0.313. The third-order valence-corrected chi connectivity index (χ3v) is 6.51. The predicted octanol–water partition coefficient (Wildman–Crippen LogP) is 4.36. The smallest absolute Gasteiger partial charge is 0.263 e. The van der Waals surface area contributed by atoms with Gasteiger partial charge in [0.1, 0.15) is 0 Å². The lowest BCUT2D eigenvalue weighted by Crippen LogP contribution is -2.37. The molecule has 6 heteroatoms. The van der Waals surface area contributed by atoms with Crippen molar-refractivity contribution in [1.82, 2.24) is 4.90 Å². The molecule has 0 spiro atoms. The van der Waals surface area contributed by atoms with Gasteiger partial charge in [-0.1, -0.05) is 0 Å². The van der Waals surface area contributed by atoms with E-state index in [1.54, 1.807) is 4.90 Å². The number of halogens is 3. The van der Waals surface area contributed by atoms with Crippen LogP contribution in [-0.4, -0.2) is 29.8 Å². The van der Waals surface area contributed by atoms with E-state index in [4.69, 9.17) is 11.6 Å². The minimum atomic E-state index is 0.0828. The second-order valence-electron chi connectivity index (χ2n) is 4.35. The van der Waals surface area contributed by atoms with Crippen molar-refractivity contribution in [3.63, 3.8) is 0 Å². The van der Waals surface area contributed by atoms with Crippen LogP contribution in [0.25, 0.3) is 0 Å². The molecule has 1 heterocycles. The Morgan fingerprint density at radius 2 is 2.24 bits per heavy atom. The van der Waals surface area contributed by atoms with Crippen LogP contribution in [0.4, 0.5) is 0 Å². The topological polar surface area (TPSA) is 20.3 Å². The molecule has 0 aliphatic heterocycles. The van der Waals surface area contributed by atoms with Crippen molar-refractivity contribution in [3.8, 4) is 0 Å². The summed E-state index contributed by atoms with van der Waals surface area (Å²) in [6, 6.07) is 1.86. The van der Waals surface area contributed by atoms with Gasteiger partial charge in [-0.15, -0.1) is 22.9 Å². The van der Waals surface area contributed by atoms with Crippen LogP contribution in [0.5, 0.6) is 0 Å². The summed E-state index contributed by atoms with van der Waals surface area (Å²) in [5.74, 6) is 0.651. The van der Waals surface area contributed by atoms with E-state index in [0.29, 0.717) is 11.3 Å². The highest BCUT2D eigenvalue weighted by Gasteiger charge is 2.29. The molecule has 0 aromatic carbocycles. The van der Waals surface area contributed by atoms with Gasteiger partial charge in [-0.25, -0.2) is 0 Å². The van der Waals surface area contributed by atoms with Gasteiger partial charge in [-0.3, -0.25) is 4.79 Å². The summed E-state index contributed by atoms with van der Waals surface area (Å²) in [4.78, 5) is 14.7. The van der Waals surface area contributed by atoms with Gasteiger partial charge in [-0.05, 0) is 56.7 Å². The lowest BCUT2D eigenvalue weighted by atomic mass is 9.84. The molecule has 1 amide bonds. The lowest BCUT2D eigenvalue weighted by Gasteiger charge is -2.33. The fourth-order valence-electron chi connectivity index (χ4n) is 1.91. The fourth-order valence-corrected chi connectivity index (χ4v) is 4.45. The minimum Gasteiger partial charge on any atom is -0.341 e. The van der Waals surface area contributed by atoms with Gasteiger partial charge in [0.25, 0.3) is 5.91 Å². The van der Waals surface area contributed by atoms with E-state index in [2.05, 4.69) is 31.9 Å². The summed E-state index contributed by atoms with van der Waals surface area (Å²) < 4.78 is 1.89. The van der Waals surface area contributed by atoms with Crippen LogP contribution in [0.3, 0.4) is 0 Å².